The van der Waals surface area contributed by atoms with Gasteiger partial charge >= 0.3 is 0 Å². The number of nitrogens with zero attached hydrogens (tertiary/aromatic N) is 4. The third kappa shape index (κ3) is 4.41. The molecule has 1 saturated carbocycles. The van der Waals surface area contributed by atoms with Crippen molar-refractivity contribution in [1.29, 1.82) is 0 Å². The molecule has 0 N–H and O–H groups in total. The molecular formula is C22H24N4O4S. The third-order valence-electron chi connectivity index (χ3n) is 5.45. The van der Waals surface area contributed by atoms with Crippen molar-refractivity contribution in [2.75, 3.05) is 19.1 Å². The van der Waals surface area contributed by atoms with E-state index < -0.39 is 0 Å². The van der Waals surface area contributed by atoms with Crippen molar-refractivity contribution >= 4 is 17.7 Å². The summed E-state index contributed by atoms with van der Waals surface area (Å²) in [5.74, 6) is 4.15. The Morgan fingerprint density at radius 1 is 1.23 bits per heavy atom. The lowest BCUT2D eigenvalue weighted by atomic mass is 10.2. The van der Waals surface area contributed by atoms with E-state index in [1.807, 2.05) is 42.2 Å². The van der Waals surface area contributed by atoms with Gasteiger partial charge < -0.3 is 18.8 Å². The fraction of sp³-hybridized carbons (Fsp3) is 0.409. The van der Waals surface area contributed by atoms with Gasteiger partial charge in [-0.3, -0.25) is 9.36 Å². The van der Waals surface area contributed by atoms with E-state index in [4.69, 9.17) is 13.9 Å². The van der Waals surface area contributed by atoms with Crippen molar-refractivity contribution in [2.45, 2.75) is 43.9 Å². The van der Waals surface area contributed by atoms with Crippen molar-refractivity contribution in [3.8, 4) is 11.5 Å². The number of ether oxygens (including phenoxy) is 2. The van der Waals surface area contributed by atoms with Gasteiger partial charge in [0.25, 0.3) is 0 Å². The van der Waals surface area contributed by atoms with E-state index in [0.717, 1.165) is 46.6 Å². The van der Waals surface area contributed by atoms with E-state index in [1.54, 1.807) is 6.26 Å². The molecule has 1 fully saturated rings. The minimum Gasteiger partial charge on any atom is -0.467 e. The van der Waals surface area contributed by atoms with Gasteiger partial charge in [-0.05, 0) is 49.6 Å². The summed E-state index contributed by atoms with van der Waals surface area (Å²) in [5.41, 5.74) is 1.02. The number of benzene rings is 1. The molecule has 0 saturated heterocycles. The number of carbonyl (C=O) groups excluding carboxylic acids is 1. The van der Waals surface area contributed by atoms with E-state index in [2.05, 4.69) is 14.8 Å². The Balaban J connectivity index is 1.25. The Bertz CT molecular complexity index is 1060. The van der Waals surface area contributed by atoms with Crippen LogP contribution in [-0.4, -0.2) is 44.7 Å². The average Bonchev–Trinajstić information content (AvgIpc) is 3.17. The second kappa shape index (κ2) is 8.66. The summed E-state index contributed by atoms with van der Waals surface area (Å²) in [6.07, 6.45) is 3.94. The van der Waals surface area contributed by atoms with Crippen LogP contribution in [0.4, 0.5) is 0 Å². The van der Waals surface area contributed by atoms with Crippen molar-refractivity contribution in [2.24, 2.45) is 0 Å². The highest BCUT2D eigenvalue weighted by Crippen LogP contribution is 2.40. The predicted molar refractivity (Wildman–Crippen MR) is 114 cm³/mol. The first-order valence-electron chi connectivity index (χ1n) is 10.5. The molecule has 8 nitrogen and oxygen atoms in total. The van der Waals surface area contributed by atoms with Gasteiger partial charge in [-0.1, -0.05) is 17.8 Å². The number of thioether (sulfide) groups is 1. The number of furan rings is 1. The minimum atomic E-state index is 0.0608. The molecule has 3 aromatic rings. The maximum Gasteiger partial charge on any atom is 0.233 e. The van der Waals surface area contributed by atoms with Gasteiger partial charge in [0.2, 0.25) is 12.7 Å². The van der Waals surface area contributed by atoms with E-state index in [9.17, 15) is 4.79 Å². The van der Waals surface area contributed by atoms with Crippen LogP contribution in [0.1, 0.15) is 42.8 Å². The van der Waals surface area contributed by atoms with Gasteiger partial charge in [0.05, 0.1) is 18.6 Å². The van der Waals surface area contributed by atoms with Crippen LogP contribution in [0.25, 0.3) is 0 Å². The molecule has 9 heteroatoms. The lowest BCUT2D eigenvalue weighted by Crippen LogP contribution is -2.31. The van der Waals surface area contributed by atoms with Crippen LogP contribution in [0.2, 0.25) is 0 Å². The van der Waals surface area contributed by atoms with Crippen LogP contribution in [-0.2, 0) is 17.9 Å². The predicted octanol–water partition coefficient (Wildman–Crippen LogP) is 3.67. The number of hydrogen-bond donors (Lipinski definition) is 0. The van der Waals surface area contributed by atoms with Crippen molar-refractivity contribution in [1.82, 2.24) is 19.7 Å². The molecule has 0 atom stereocenters. The molecule has 3 heterocycles. The molecule has 1 amide bonds. The Hall–Kier alpha value is -2.94. The summed E-state index contributed by atoms with van der Waals surface area (Å²) in [6.45, 7) is 3.96. The molecule has 162 valence electrons. The molecule has 0 radical (unpaired) electrons. The van der Waals surface area contributed by atoms with Crippen molar-refractivity contribution in [3.05, 3.63) is 53.7 Å². The summed E-state index contributed by atoms with van der Waals surface area (Å²) in [7, 11) is 0. The molecule has 0 spiro atoms. The first-order valence-corrected chi connectivity index (χ1v) is 11.4. The maximum absolute atomic E-state index is 12.9. The molecule has 31 heavy (non-hydrogen) atoms. The van der Waals surface area contributed by atoms with Gasteiger partial charge in [-0.2, -0.15) is 0 Å². The summed E-state index contributed by atoms with van der Waals surface area (Å²) in [6, 6.07) is 9.62. The maximum atomic E-state index is 12.9. The molecule has 0 unspecified atom stereocenters. The molecule has 1 aromatic carbocycles. The molecule has 2 aromatic heterocycles. The molecule has 0 bridgehead atoms. The third-order valence-corrected chi connectivity index (χ3v) is 6.40. The summed E-state index contributed by atoms with van der Waals surface area (Å²) in [4.78, 5) is 14.8. The summed E-state index contributed by atoms with van der Waals surface area (Å²) >= 11 is 1.43. The van der Waals surface area contributed by atoms with Crippen LogP contribution in [0.3, 0.4) is 0 Å². The highest BCUT2D eigenvalue weighted by Gasteiger charge is 2.31. The molecular weight excluding hydrogens is 416 g/mol. The van der Waals surface area contributed by atoms with Crippen LogP contribution in [0, 0.1) is 0 Å². The minimum absolute atomic E-state index is 0.0608. The van der Waals surface area contributed by atoms with Gasteiger partial charge in [0, 0.05) is 19.0 Å². The number of carbonyl (C=O) groups is 1. The van der Waals surface area contributed by atoms with Crippen molar-refractivity contribution < 1.29 is 18.7 Å². The molecule has 1 aliphatic heterocycles. The number of aromatic nitrogens is 3. The topological polar surface area (TPSA) is 82.6 Å². The smallest absolute Gasteiger partial charge is 0.233 e. The van der Waals surface area contributed by atoms with Crippen LogP contribution >= 0.6 is 11.8 Å². The molecule has 2 aliphatic rings. The van der Waals surface area contributed by atoms with Crippen LogP contribution < -0.4 is 9.47 Å². The fourth-order valence-corrected chi connectivity index (χ4v) is 4.46. The second-order valence-electron chi connectivity index (χ2n) is 7.66. The first kappa shape index (κ1) is 20.0. The Kier molecular flexibility index (Phi) is 5.59. The SMILES string of the molecule is CCN(Cc1ccc2c(c1)OCO2)C(=O)CSc1nnc(C2CC2)n1Cc1ccco1. The lowest BCUT2D eigenvalue weighted by molar-refractivity contribution is -0.128. The first-order chi connectivity index (χ1) is 15.2. The second-order valence-corrected chi connectivity index (χ2v) is 8.61. The Morgan fingerprint density at radius 2 is 2.10 bits per heavy atom. The number of amides is 1. The quantitative estimate of drug-likeness (QED) is 0.470. The zero-order chi connectivity index (χ0) is 21.2. The number of rotatable bonds is 9. The van der Waals surface area contributed by atoms with E-state index >= 15 is 0 Å². The number of fused-ring (bicyclic) bond motifs is 1. The van der Waals surface area contributed by atoms with Crippen LogP contribution in [0.5, 0.6) is 11.5 Å². The summed E-state index contributed by atoms with van der Waals surface area (Å²) in [5, 5.41) is 9.53. The monoisotopic (exact) mass is 440 g/mol. The largest absolute Gasteiger partial charge is 0.467 e. The Morgan fingerprint density at radius 3 is 2.87 bits per heavy atom. The zero-order valence-corrected chi connectivity index (χ0v) is 18.1. The lowest BCUT2D eigenvalue weighted by Gasteiger charge is -2.21. The van der Waals surface area contributed by atoms with E-state index in [-0.39, 0.29) is 12.7 Å². The fourth-order valence-electron chi connectivity index (χ4n) is 3.61. The van der Waals surface area contributed by atoms with Gasteiger partial charge in [0.15, 0.2) is 16.7 Å². The molecule has 1 aliphatic carbocycles. The van der Waals surface area contributed by atoms with E-state index in [0.29, 0.717) is 31.3 Å². The zero-order valence-electron chi connectivity index (χ0n) is 17.3. The highest BCUT2D eigenvalue weighted by molar-refractivity contribution is 7.99. The average molecular weight is 441 g/mol. The van der Waals surface area contributed by atoms with Crippen LogP contribution in [0.15, 0.2) is 46.2 Å². The number of hydrogen-bond acceptors (Lipinski definition) is 7. The van der Waals surface area contributed by atoms with Gasteiger partial charge in [0.1, 0.15) is 11.6 Å². The summed E-state index contributed by atoms with van der Waals surface area (Å²) < 4.78 is 18.4. The highest BCUT2D eigenvalue weighted by atomic mass is 32.2. The molecule has 5 rings (SSSR count). The Labute approximate surface area is 184 Å². The normalized spacial score (nSPS) is 14.7. The van der Waals surface area contributed by atoms with Gasteiger partial charge in [-0.25, -0.2) is 0 Å². The van der Waals surface area contributed by atoms with Crippen molar-refractivity contribution in [3.63, 3.8) is 0 Å². The standard InChI is InChI=1S/C22H24N4O4S/c1-2-25(11-15-5-8-18-19(10-15)30-14-29-18)20(27)13-31-22-24-23-21(16-6-7-16)26(22)12-17-4-3-9-28-17/h3-5,8-10,16H,2,6-7,11-14H2,1H3. The van der Waals surface area contributed by atoms with Gasteiger partial charge in [-0.15, -0.1) is 10.2 Å². The van der Waals surface area contributed by atoms with E-state index in [1.165, 1.54) is 11.8 Å².